The van der Waals surface area contributed by atoms with Gasteiger partial charge in [0.1, 0.15) is 5.69 Å². The smallest absolute Gasteiger partial charge is 0.352 e. The number of carboxylic acids is 1. The van der Waals surface area contributed by atoms with Gasteiger partial charge in [-0.2, -0.15) is 5.26 Å². The monoisotopic (exact) mass is 164 g/mol. The number of carbonyl (C=O) groups is 1. The Morgan fingerprint density at radius 1 is 1.83 bits per heavy atom. The van der Waals surface area contributed by atoms with Crippen molar-refractivity contribution in [1.29, 1.82) is 5.26 Å². The highest BCUT2D eigenvalue weighted by atomic mass is 16.4. The SMILES string of the molecule is Cc1cc(CC#N)c(C(=O)O)[nH]1. The first-order valence-corrected chi connectivity index (χ1v) is 3.44. The zero-order valence-corrected chi connectivity index (χ0v) is 6.59. The van der Waals surface area contributed by atoms with Crippen LogP contribution in [0.15, 0.2) is 6.07 Å². The molecule has 1 heterocycles. The summed E-state index contributed by atoms with van der Waals surface area (Å²) in [7, 11) is 0. The highest BCUT2D eigenvalue weighted by Gasteiger charge is 2.11. The molecule has 0 fully saturated rings. The van der Waals surface area contributed by atoms with Crippen LogP contribution in [0.2, 0.25) is 0 Å². The Hall–Kier alpha value is -1.76. The van der Waals surface area contributed by atoms with E-state index in [1.165, 1.54) is 0 Å². The Morgan fingerprint density at radius 2 is 2.50 bits per heavy atom. The predicted molar refractivity (Wildman–Crippen MR) is 41.8 cm³/mol. The predicted octanol–water partition coefficient (Wildman–Crippen LogP) is 1.09. The van der Waals surface area contributed by atoms with E-state index in [0.29, 0.717) is 5.56 Å². The number of nitrogens with zero attached hydrogens (tertiary/aromatic N) is 1. The third-order valence-electron chi connectivity index (χ3n) is 1.52. The maximum atomic E-state index is 10.6. The minimum Gasteiger partial charge on any atom is -0.477 e. The molecule has 0 aromatic carbocycles. The Labute approximate surface area is 69.4 Å². The van der Waals surface area contributed by atoms with Crippen LogP contribution in [-0.4, -0.2) is 16.1 Å². The van der Waals surface area contributed by atoms with Crippen molar-refractivity contribution < 1.29 is 9.90 Å². The van der Waals surface area contributed by atoms with Crippen LogP contribution < -0.4 is 0 Å². The number of H-pyrrole nitrogens is 1. The van der Waals surface area contributed by atoms with Crippen molar-refractivity contribution in [2.45, 2.75) is 13.3 Å². The number of aromatic carboxylic acids is 1. The van der Waals surface area contributed by atoms with Crippen molar-refractivity contribution in [2.75, 3.05) is 0 Å². The molecule has 0 aliphatic rings. The first-order valence-electron chi connectivity index (χ1n) is 3.44. The van der Waals surface area contributed by atoms with Crippen LogP contribution >= 0.6 is 0 Å². The minimum atomic E-state index is -1.02. The molecular formula is C8H8N2O2. The van der Waals surface area contributed by atoms with Gasteiger partial charge < -0.3 is 10.1 Å². The fourth-order valence-electron chi connectivity index (χ4n) is 1.06. The van der Waals surface area contributed by atoms with Gasteiger partial charge in [0, 0.05) is 5.69 Å². The second-order valence-electron chi connectivity index (χ2n) is 2.49. The van der Waals surface area contributed by atoms with Crippen molar-refractivity contribution in [3.63, 3.8) is 0 Å². The summed E-state index contributed by atoms with van der Waals surface area (Å²) in [6, 6.07) is 3.58. The summed E-state index contributed by atoms with van der Waals surface area (Å²) in [6.07, 6.45) is 0.131. The molecule has 0 saturated heterocycles. The fourth-order valence-corrected chi connectivity index (χ4v) is 1.06. The van der Waals surface area contributed by atoms with E-state index >= 15 is 0 Å². The molecule has 0 saturated carbocycles. The second-order valence-corrected chi connectivity index (χ2v) is 2.49. The van der Waals surface area contributed by atoms with Crippen LogP contribution in [0.25, 0.3) is 0 Å². The van der Waals surface area contributed by atoms with E-state index in [1.54, 1.807) is 13.0 Å². The lowest BCUT2D eigenvalue weighted by Crippen LogP contribution is -2.00. The van der Waals surface area contributed by atoms with Crippen molar-refractivity contribution in [1.82, 2.24) is 4.98 Å². The largest absolute Gasteiger partial charge is 0.477 e. The Morgan fingerprint density at radius 3 is 3.00 bits per heavy atom. The summed E-state index contributed by atoms with van der Waals surface area (Å²) < 4.78 is 0. The molecule has 1 rings (SSSR count). The molecule has 0 radical (unpaired) electrons. The zero-order chi connectivity index (χ0) is 9.14. The first-order chi connectivity index (χ1) is 5.65. The number of rotatable bonds is 2. The van der Waals surface area contributed by atoms with E-state index in [2.05, 4.69) is 4.98 Å². The van der Waals surface area contributed by atoms with E-state index in [0.717, 1.165) is 5.69 Å². The molecule has 0 amide bonds. The highest BCUT2D eigenvalue weighted by molar-refractivity contribution is 5.87. The molecule has 12 heavy (non-hydrogen) atoms. The maximum Gasteiger partial charge on any atom is 0.352 e. The molecule has 0 aliphatic heterocycles. The lowest BCUT2D eigenvalue weighted by Gasteiger charge is -1.91. The molecule has 0 spiro atoms. The molecular weight excluding hydrogens is 156 g/mol. The van der Waals surface area contributed by atoms with Crippen LogP contribution in [0.3, 0.4) is 0 Å². The molecule has 2 N–H and O–H groups in total. The summed E-state index contributed by atoms with van der Waals surface area (Å²) >= 11 is 0. The van der Waals surface area contributed by atoms with Crippen molar-refractivity contribution in [2.24, 2.45) is 0 Å². The Bertz CT molecular complexity index is 346. The fraction of sp³-hybridized carbons (Fsp3) is 0.250. The van der Waals surface area contributed by atoms with Gasteiger partial charge in [0.2, 0.25) is 0 Å². The van der Waals surface area contributed by atoms with Gasteiger partial charge in [-0.15, -0.1) is 0 Å². The number of nitrogens with one attached hydrogen (secondary N) is 1. The first kappa shape index (κ1) is 8.34. The highest BCUT2D eigenvalue weighted by Crippen LogP contribution is 2.10. The number of aromatic amines is 1. The molecule has 4 heteroatoms. The zero-order valence-electron chi connectivity index (χ0n) is 6.59. The average Bonchev–Trinajstić information content (AvgIpc) is 2.32. The molecule has 0 aliphatic carbocycles. The van der Waals surface area contributed by atoms with Crippen LogP contribution in [0.1, 0.15) is 21.7 Å². The topological polar surface area (TPSA) is 76.9 Å². The summed E-state index contributed by atoms with van der Waals surface area (Å²) in [5.41, 5.74) is 1.43. The lowest BCUT2D eigenvalue weighted by molar-refractivity contribution is 0.0690. The van der Waals surface area contributed by atoms with Gasteiger partial charge in [-0.1, -0.05) is 0 Å². The number of aryl methyl sites for hydroxylation is 1. The molecule has 62 valence electrons. The maximum absolute atomic E-state index is 10.6. The number of hydrogen-bond acceptors (Lipinski definition) is 2. The van der Waals surface area contributed by atoms with Gasteiger partial charge in [-0.05, 0) is 18.6 Å². The van der Waals surface area contributed by atoms with Gasteiger partial charge in [-0.3, -0.25) is 0 Å². The Balaban J connectivity index is 3.10. The van der Waals surface area contributed by atoms with Gasteiger partial charge in [0.05, 0.1) is 12.5 Å². The number of nitriles is 1. The lowest BCUT2D eigenvalue weighted by atomic mass is 10.2. The molecule has 0 unspecified atom stereocenters. The average molecular weight is 164 g/mol. The van der Waals surface area contributed by atoms with E-state index in [1.807, 2.05) is 6.07 Å². The summed E-state index contributed by atoms with van der Waals surface area (Å²) in [4.78, 5) is 13.2. The standard InChI is InChI=1S/C8H8N2O2/c1-5-4-6(2-3-9)7(10-5)8(11)12/h4,10H,2H2,1H3,(H,11,12). The van der Waals surface area contributed by atoms with Crippen molar-refractivity contribution in [3.8, 4) is 6.07 Å². The number of aromatic nitrogens is 1. The normalized spacial score (nSPS) is 9.33. The van der Waals surface area contributed by atoms with Crippen LogP contribution in [0.4, 0.5) is 0 Å². The number of hydrogen-bond donors (Lipinski definition) is 2. The molecule has 1 aromatic rings. The van der Waals surface area contributed by atoms with Gasteiger partial charge in [-0.25, -0.2) is 4.79 Å². The van der Waals surface area contributed by atoms with E-state index in [4.69, 9.17) is 10.4 Å². The summed E-state index contributed by atoms with van der Waals surface area (Å²) in [5.74, 6) is -1.02. The van der Waals surface area contributed by atoms with E-state index in [-0.39, 0.29) is 12.1 Å². The quantitative estimate of drug-likeness (QED) is 0.686. The van der Waals surface area contributed by atoms with Gasteiger partial charge in [0.25, 0.3) is 0 Å². The molecule has 4 nitrogen and oxygen atoms in total. The second kappa shape index (κ2) is 3.09. The third kappa shape index (κ3) is 1.45. The van der Waals surface area contributed by atoms with Gasteiger partial charge in [0.15, 0.2) is 0 Å². The number of carboxylic acid groups (broad SMARTS) is 1. The minimum absolute atomic E-state index is 0.119. The molecule has 1 aromatic heterocycles. The van der Waals surface area contributed by atoms with Crippen LogP contribution in [-0.2, 0) is 6.42 Å². The summed E-state index contributed by atoms with van der Waals surface area (Å²) in [5, 5.41) is 17.0. The van der Waals surface area contributed by atoms with Crippen molar-refractivity contribution in [3.05, 3.63) is 23.0 Å². The van der Waals surface area contributed by atoms with E-state index in [9.17, 15) is 4.79 Å². The molecule has 0 atom stereocenters. The van der Waals surface area contributed by atoms with Crippen molar-refractivity contribution >= 4 is 5.97 Å². The van der Waals surface area contributed by atoms with Gasteiger partial charge >= 0.3 is 5.97 Å². The van der Waals surface area contributed by atoms with Crippen LogP contribution in [0.5, 0.6) is 0 Å². The molecule has 0 bridgehead atoms. The Kier molecular flexibility index (Phi) is 2.15. The summed E-state index contributed by atoms with van der Waals surface area (Å²) in [6.45, 7) is 1.76. The van der Waals surface area contributed by atoms with Crippen LogP contribution in [0, 0.1) is 18.3 Å². The third-order valence-corrected chi connectivity index (χ3v) is 1.52. The van der Waals surface area contributed by atoms with E-state index < -0.39 is 5.97 Å².